The van der Waals surface area contributed by atoms with Crippen LogP contribution in [-0.2, 0) is 14.8 Å². The smallest absolute Gasteiger partial charge is 0.263 e. The fourth-order valence-corrected chi connectivity index (χ4v) is 4.52. The molecule has 144 valence electrons. The van der Waals surface area contributed by atoms with Gasteiger partial charge in [0.2, 0.25) is 10.0 Å². The van der Waals surface area contributed by atoms with E-state index in [9.17, 15) is 13.2 Å². The lowest BCUT2D eigenvalue weighted by Gasteiger charge is -2.35. The maximum absolute atomic E-state index is 12.7. The highest BCUT2D eigenvalue weighted by molar-refractivity contribution is 7.89. The minimum absolute atomic E-state index is 0.130. The van der Waals surface area contributed by atoms with Crippen LogP contribution < -0.4 is 4.74 Å². The molecule has 1 atom stereocenters. The van der Waals surface area contributed by atoms with E-state index in [-0.39, 0.29) is 23.9 Å². The third-order valence-electron chi connectivity index (χ3n) is 4.68. The first-order valence-electron chi connectivity index (χ1n) is 8.96. The second-order valence-electron chi connectivity index (χ2n) is 6.57. The third-order valence-corrected chi connectivity index (χ3v) is 6.59. The summed E-state index contributed by atoms with van der Waals surface area (Å²) in [6.07, 6.45) is -0.622. The second kappa shape index (κ2) is 8.10. The molecule has 2 aromatic rings. The van der Waals surface area contributed by atoms with Crippen molar-refractivity contribution in [1.29, 1.82) is 0 Å². The van der Waals surface area contributed by atoms with Crippen molar-refractivity contribution in [1.82, 2.24) is 9.21 Å². The van der Waals surface area contributed by atoms with Crippen LogP contribution in [0.3, 0.4) is 0 Å². The van der Waals surface area contributed by atoms with Gasteiger partial charge >= 0.3 is 0 Å². The van der Waals surface area contributed by atoms with Gasteiger partial charge in [0.25, 0.3) is 5.91 Å². The molecule has 0 radical (unpaired) electrons. The van der Waals surface area contributed by atoms with E-state index >= 15 is 0 Å². The standard InChI is InChI=1S/C20H24N2O4S/c1-16-8-6-7-11-19(16)26-17(2)20(23)21-12-14-22(15-13-21)27(24,25)18-9-4-3-5-10-18/h3-11,17H,12-15H2,1-2H3/t17-/m0/s1. The number of sulfonamides is 1. The quantitative estimate of drug-likeness (QED) is 0.788. The number of carbonyl (C=O) groups is 1. The van der Waals surface area contributed by atoms with Crippen molar-refractivity contribution >= 4 is 15.9 Å². The predicted octanol–water partition coefficient (Wildman–Crippen LogP) is 2.30. The molecule has 1 aliphatic heterocycles. The minimum atomic E-state index is -3.52. The topological polar surface area (TPSA) is 66.9 Å². The van der Waals surface area contributed by atoms with Crippen LogP contribution in [0.2, 0.25) is 0 Å². The predicted molar refractivity (Wildman–Crippen MR) is 103 cm³/mol. The summed E-state index contributed by atoms with van der Waals surface area (Å²) in [5.74, 6) is 0.554. The molecule has 0 aromatic heterocycles. The van der Waals surface area contributed by atoms with Gasteiger partial charge in [0.05, 0.1) is 4.90 Å². The average Bonchev–Trinajstić information content (AvgIpc) is 2.70. The average molecular weight is 388 g/mol. The highest BCUT2D eigenvalue weighted by Gasteiger charge is 2.31. The molecule has 1 saturated heterocycles. The minimum Gasteiger partial charge on any atom is -0.481 e. The molecule has 3 rings (SSSR count). The second-order valence-corrected chi connectivity index (χ2v) is 8.51. The number of aryl methyl sites for hydroxylation is 1. The summed E-state index contributed by atoms with van der Waals surface area (Å²) < 4.78 is 32.6. The van der Waals surface area contributed by atoms with E-state index in [1.165, 1.54) is 4.31 Å². The number of carbonyl (C=O) groups excluding carboxylic acids is 1. The van der Waals surface area contributed by atoms with Crippen LogP contribution >= 0.6 is 0 Å². The van der Waals surface area contributed by atoms with Gasteiger partial charge in [-0.05, 0) is 37.6 Å². The number of amides is 1. The molecule has 1 heterocycles. The maximum atomic E-state index is 12.7. The van der Waals surface area contributed by atoms with Crippen LogP contribution in [0.5, 0.6) is 5.75 Å². The molecule has 1 aliphatic rings. The van der Waals surface area contributed by atoms with Gasteiger partial charge in [-0.15, -0.1) is 0 Å². The number of hydrogen-bond acceptors (Lipinski definition) is 4. The Morgan fingerprint density at radius 2 is 1.56 bits per heavy atom. The molecule has 0 unspecified atom stereocenters. The van der Waals surface area contributed by atoms with Crippen molar-refractivity contribution in [3.8, 4) is 5.75 Å². The molecular formula is C20H24N2O4S. The number of benzene rings is 2. The molecule has 0 saturated carbocycles. The molecule has 2 aromatic carbocycles. The largest absolute Gasteiger partial charge is 0.481 e. The third kappa shape index (κ3) is 4.31. The fraction of sp³-hybridized carbons (Fsp3) is 0.350. The zero-order valence-corrected chi connectivity index (χ0v) is 16.4. The van der Waals surface area contributed by atoms with E-state index in [1.54, 1.807) is 42.2 Å². The lowest BCUT2D eigenvalue weighted by molar-refractivity contribution is -0.139. The van der Waals surface area contributed by atoms with E-state index in [4.69, 9.17) is 4.74 Å². The number of piperazine rings is 1. The Hall–Kier alpha value is -2.38. The summed E-state index contributed by atoms with van der Waals surface area (Å²) in [7, 11) is -3.52. The van der Waals surface area contributed by atoms with Crippen LogP contribution in [0.4, 0.5) is 0 Å². The summed E-state index contributed by atoms with van der Waals surface area (Å²) in [5, 5.41) is 0. The molecule has 0 N–H and O–H groups in total. The van der Waals surface area contributed by atoms with Crippen LogP contribution in [-0.4, -0.2) is 55.8 Å². The molecular weight excluding hydrogens is 364 g/mol. The van der Waals surface area contributed by atoms with E-state index < -0.39 is 16.1 Å². The van der Waals surface area contributed by atoms with Gasteiger partial charge in [0.15, 0.2) is 6.10 Å². The lowest BCUT2D eigenvalue weighted by atomic mass is 10.2. The van der Waals surface area contributed by atoms with Crippen LogP contribution in [0.15, 0.2) is 59.5 Å². The monoisotopic (exact) mass is 388 g/mol. The van der Waals surface area contributed by atoms with Crippen LogP contribution in [0.1, 0.15) is 12.5 Å². The summed E-state index contributed by atoms with van der Waals surface area (Å²) in [6, 6.07) is 15.9. The first-order chi connectivity index (χ1) is 12.9. The molecule has 0 bridgehead atoms. The van der Waals surface area contributed by atoms with E-state index in [2.05, 4.69) is 0 Å². The van der Waals surface area contributed by atoms with E-state index in [0.29, 0.717) is 18.8 Å². The highest BCUT2D eigenvalue weighted by Crippen LogP contribution is 2.20. The number of ether oxygens (including phenoxy) is 1. The van der Waals surface area contributed by atoms with Crippen molar-refractivity contribution in [3.63, 3.8) is 0 Å². The summed E-state index contributed by atoms with van der Waals surface area (Å²) in [5.41, 5.74) is 0.968. The van der Waals surface area contributed by atoms with Crippen molar-refractivity contribution in [2.45, 2.75) is 24.8 Å². The van der Waals surface area contributed by atoms with Gasteiger partial charge in [0.1, 0.15) is 5.75 Å². The first kappa shape index (κ1) is 19.4. The van der Waals surface area contributed by atoms with Crippen molar-refractivity contribution < 1.29 is 17.9 Å². The van der Waals surface area contributed by atoms with Gasteiger partial charge < -0.3 is 9.64 Å². The Bertz CT molecular complexity index is 891. The van der Waals surface area contributed by atoms with Gasteiger partial charge in [-0.3, -0.25) is 4.79 Å². The Balaban J connectivity index is 1.60. The normalized spacial score (nSPS) is 16.7. The Morgan fingerprint density at radius 3 is 2.19 bits per heavy atom. The fourth-order valence-electron chi connectivity index (χ4n) is 3.08. The van der Waals surface area contributed by atoms with Crippen molar-refractivity contribution in [3.05, 3.63) is 60.2 Å². The number of nitrogens with zero attached hydrogens (tertiary/aromatic N) is 2. The molecule has 0 aliphatic carbocycles. The van der Waals surface area contributed by atoms with Crippen molar-refractivity contribution in [2.75, 3.05) is 26.2 Å². The van der Waals surface area contributed by atoms with E-state index in [0.717, 1.165) is 5.56 Å². The maximum Gasteiger partial charge on any atom is 0.263 e. The van der Waals surface area contributed by atoms with Crippen molar-refractivity contribution in [2.24, 2.45) is 0 Å². The summed E-state index contributed by atoms with van der Waals surface area (Å²) in [4.78, 5) is 14.6. The zero-order chi connectivity index (χ0) is 19.4. The lowest BCUT2D eigenvalue weighted by Crippen LogP contribution is -2.53. The van der Waals surface area contributed by atoms with E-state index in [1.807, 2.05) is 31.2 Å². The summed E-state index contributed by atoms with van der Waals surface area (Å²) in [6.45, 7) is 4.92. The molecule has 0 spiro atoms. The number of hydrogen-bond donors (Lipinski definition) is 0. The number of rotatable bonds is 5. The first-order valence-corrected chi connectivity index (χ1v) is 10.4. The van der Waals surface area contributed by atoms with Gasteiger partial charge in [-0.2, -0.15) is 4.31 Å². The molecule has 27 heavy (non-hydrogen) atoms. The Labute approximate surface area is 160 Å². The molecule has 6 nitrogen and oxygen atoms in total. The van der Waals surface area contributed by atoms with Crippen LogP contribution in [0.25, 0.3) is 0 Å². The Morgan fingerprint density at radius 1 is 0.963 bits per heavy atom. The molecule has 1 amide bonds. The summed E-state index contributed by atoms with van der Waals surface area (Å²) >= 11 is 0. The van der Waals surface area contributed by atoms with Crippen LogP contribution in [0, 0.1) is 6.92 Å². The Kier molecular flexibility index (Phi) is 5.82. The van der Waals surface area contributed by atoms with Gasteiger partial charge in [-0.25, -0.2) is 8.42 Å². The SMILES string of the molecule is Cc1ccccc1O[C@@H](C)C(=O)N1CCN(S(=O)(=O)c2ccccc2)CC1. The molecule has 1 fully saturated rings. The number of para-hydroxylation sites is 1. The highest BCUT2D eigenvalue weighted by atomic mass is 32.2. The zero-order valence-electron chi connectivity index (χ0n) is 15.5. The van der Waals surface area contributed by atoms with Gasteiger partial charge in [0, 0.05) is 26.2 Å². The molecule has 7 heteroatoms. The van der Waals surface area contributed by atoms with Gasteiger partial charge in [-0.1, -0.05) is 36.4 Å².